The Balaban J connectivity index is 1.72. The van der Waals surface area contributed by atoms with Crippen LogP contribution in [-0.2, 0) is 12.0 Å². The Kier molecular flexibility index (Phi) is 3.90. The van der Waals surface area contributed by atoms with Gasteiger partial charge in [0.25, 0.3) is 0 Å². The maximum atomic E-state index is 14.3. The van der Waals surface area contributed by atoms with E-state index < -0.39 is 17.0 Å². The normalized spacial score (nSPS) is 24.1. The van der Waals surface area contributed by atoms with E-state index in [0.717, 1.165) is 29.8 Å². The fraction of sp³-hybridized carbons (Fsp3) is 0.409. The maximum Gasteiger partial charge on any atom is 0.135 e. The summed E-state index contributed by atoms with van der Waals surface area (Å²) in [6, 6.07) is 7.61. The Morgan fingerprint density at radius 1 is 1.17 bits per heavy atom. The highest BCUT2D eigenvalue weighted by molar-refractivity contribution is 5.64. The lowest BCUT2D eigenvalue weighted by atomic mass is 9.66. The molecule has 1 saturated carbocycles. The second kappa shape index (κ2) is 6.16. The summed E-state index contributed by atoms with van der Waals surface area (Å²) in [4.78, 5) is 0. The number of hydrogen-bond acceptors (Lipinski definition) is 4. The Morgan fingerprint density at radius 2 is 1.93 bits per heavy atom. The summed E-state index contributed by atoms with van der Waals surface area (Å²) < 4.78 is 30.5. The zero-order valence-corrected chi connectivity index (χ0v) is 16.4. The van der Waals surface area contributed by atoms with E-state index in [0.29, 0.717) is 6.54 Å². The van der Waals surface area contributed by atoms with E-state index in [1.165, 1.54) is 18.2 Å². The standard InChI is InChI=1S/C22H22F2N4O/c1-21(2)14-6-8-22(21,18-7-9-25-28(18)10-11-29)20-13(14)12-17(26-27-20)19-15(23)4-3-5-16(19)24/h3-5,7,9,12,14,29H,6,8,10-11H2,1-2H3/t14-,22-/m0/s1. The Hall–Kier alpha value is -2.67. The molecule has 2 aliphatic rings. The van der Waals surface area contributed by atoms with Crippen molar-refractivity contribution in [1.82, 2.24) is 20.0 Å². The number of rotatable bonds is 4. The van der Waals surface area contributed by atoms with Crippen LogP contribution in [0.25, 0.3) is 11.3 Å². The van der Waals surface area contributed by atoms with Gasteiger partial charge in [0.15, 0.2) is 0 Å². The molecule has 5 rings (SSSR count). The third-order valence-corrected chi connectivity index (χ3v) is 7.07. The molecule has 29 heavy (non-hydrogen) atoms. The van der Waals surface area contributed by atoms with E-state index in [9.17, 15) is 13.9 Å². The second-order valence-electron chi connectivity index (χ2n) is 8.51. The molecule has 1 aromatic carbocycles. The molecule has 0 unspecified atom stereocenters. The molecule has 150 valence electrons. The lowest BCUT2D eigenvalue weighted by Crippen LogP contribution is -2.39. The van der Waals surface area contributed by atoms with E-state index in [4.69, 9.17) is 0 Å². The van der Waals surface area contributed by atoms with Gasteiger partial charge in [-0.1, -0.05) is 19.9 Å². The highest BCUT2D eigenvalue weighted by Crippen LogP contribution is 2.69. The van der Waals surface area contributed by atoms with Crippen LogP contribution in [0.3, 0.4) is 0 Å². The van der Waals surface area contributed by atoms with Crippen LogP contribution < -0.4 is 0 Å². The first-order valence-corrected chi connectivity index (χ1v) is 9.87. The third kappa shape index (κ3) is 2.25. The maximum absolute atomic E-state index is 14.3. The fourth-order valence-corrected chi connectivity index (χ4v) is 5.72. The SMILES string of the molecule is CC1(C)[C@H]2CC[C@]1(c1ccnn1CCO)c1nnc(-c3c(F)cccc3F)cc12. The summed E-state index contributed by atoms with van der Waals surface area (Å²) in [5.74, 6) is -1.08. The first-order chi connectivity index (χ1) is 13.9. The zero-order chi connectivity index (χ0) is 20.4. The molecule has 3 aromatic rings. The summed E-state index contributed by atoms with van der Waals surface area (Å²) in [6.45, 7) is 4.84. The monoisotopic (exact) mass is 396 g/mol. The molecule has 2 bridgehead atoms. The van der Waals surface area contributed by atoms with E-state index in [2.05, 4.69) is 29.1 Å². The van der Waals surface area contributed by atoms with E-state index in [1.54, 1.807) is 6.20 Å². The van der Waals surface area contributed by atoms with E-state index in [1.807, 2.05) is 16.8 Å². The molecule has 1 fully saturated rings. The van der Waals surface area contributed by atoms with Crippen molar-refractivity contribution in [2.75, 3.05) is 6.61 Å². The largest absolute Gasteiger partial charge is 0.394 e. The van der Waals surface area contributed by atoms with Crippen molar-refractivity contribution in [3.05, 3.63) is 65.1 Å². The van der Waals surface area contributed by atoms with Crippen LogP contribution in [0, 0.1) is 17.0 Å². The lowest BCUT2D eigenvalue weighted by molar-refractivity contribution is 0.221. The van der Waals surface area contributed by atoms with Gasteiger partial charge in [-0.05, 0) is 54.0 Å². The van der Waals surface area contributed by atoms with E-state index >= 15 is 0 Å². The van der Waals surface area contributed by atoms with Crippen LogP contribution >= 0.6 is 0 Å². The fourth-order valence-electron chi connectivity index (χ4n) is 5.72. The van der Waals surface area contributed by atoms with E-state index in [-0.39, 0.29) is 29.2 Å². The van der Waals surface area contributed by atoms with Crippen LogP contribution in [0.1, 0.15) is 49.6 Å². The smallest absolute Gasteiger partial charge is 0.135 e. The van der Waals surface area contributed by atoms with Crippen LogP contribution in [0.5, 0.6) is 0 Å². The average Bonchev–Trinajstić information content (AvgIpc) is 3.30. The molecule has 2 heterocycles. The summed E-state index contributed by atoms with van der Waals surface area (Å²) in [6.07, 6.45) is 3.60. The molecule has 0 spiro atoms. The van der Waals surface area contributed by atoms with Crippen molar-refractivity contribution in [3.8, 4) is 11.3 Å². The number of halogens is 2. The highest BCUT2D eigenvalue weighted by atomic mass is 19.1. The minimum absolute atomic E-state index is 0.00134. The van der Waals surface area contributed by atoms with Crippen molar-refractivity contribution in [3.63, 3.8) is 0 Å². The number of fused-ring (bicyclic) bond motifs is 5. The van der Waals surface area contributed by atoms with Crippen LogP contribution in [0.2, 0.25) is 0 Å². The third-order valence-electron chi connectivity index (χ3n) is 7.07. The average molecular weight is 396 g/mol. The van der Waals surface area contributed by atoms with Crippen molar-refractivity contribution < 1.29 is 13.9 Å². The molecule has 7 heteroatoms. The molecule has 0 saturated heterocycles. The molecule has 0 amide bonds. The number of aliphatic hydroxyl groups is 1. The highest BCUT2D eigenvalue weighted by Gasteiger charge is 2.65. The first-order valence-electron chi connectivity index (χ1n) is 9.87. The van der Waals surface area contributed by atoms with Gasteiger partial charge in [0, 0.05) is 6.20 Å². The van der Waals surface area contributed by atoms with Crippen molar-refractivity contribution in [2.24, 2.45) is 5.41 Å². The Morgan fingerprint density at radius 3 is 2.66 bits per heavy atom. The van der Waals surface area contributed by atoms with Gasteiger partial charge in [-0.25, -0.2) is 8.78 Å². The quantitative estimate of drug-likeness (QED) is 0.728. The predicted octanol–water partition coefficient (Wildman–Crippen LogP) is 3.81. The Labute approximate surface area is 167 Å². The van der Waals surface area contributed by atoms with Crippen LogP contribution in [-0.4, -0.2) is 31.7 Å². The first kappa shape index (κ1) is 18.4. The minimum atomic E-state index is -0.641. The molecule has 2 aromatic heterocycles. The Bertz CT molecular complexity index is 1090. The van der Waals surface area contributed by atoms with Gasteiger partial charge < -0.3 is 5.11 Å². The number of hydrogen-bond donors (Lipinski definition) is 1. The van der Waals surface area contributed by atoms with Crippen LogP contribution in [0.15, 0.2) is 36.5 Å². The summed E-state index contributed by atoms with van der Waals surface area (Å²) in [5.41, 5.74) is 2.41. The van der Waals surface area contributed by atoms with Gasteiger partial charge in [-0.3, -0.25) is 4.68 Å². The van der Waals surface area contributed by atoms with Gasteiger partial charge in [0.1, 0.15) is 11.6 Å². The molecular weight excluding hydrogens is 374 g/mol. The lowest BCUT2D eigenvalue weighted by Gasteiger charge is -2.38. The molecule has 1 N–H and O–H groups in total. The molecule has 2 aliphatic carbocycles. The summed E-state index contributed by atoms with van der Waals surface area (Å²) in [7, 11) is 0. The second-order valence-corrected chi connectivity index (χ2v) is 8.51. The number of aliphatic hydroxyl groups excluding tert-OH is 1. The summed E-state index contributed by atoms with van der Waals surface area (Å²) >= 11 is 0. The van der Waals surface area contributed by atoms with Gasteiger partial charge in [0.05, 0.1) is 41.2 Å². The van der Waals surface area contributed by atoms with Gasteiger partial charge in [0.2, 0.25) is 0 Å². The van der Waals surface area contributed by atoms with Gasteiger partial charge in [-0.2, -0.15) is 10.2 Å². The van der Waals surface area contributed by atoms with Gasteiger partial charge >= 0.3 is 0 Å². The number of nitrogens with zero attached hydrogens (tertiary/aromatic N) is 4. The molecule has 2 atom stereocenters. The van der Waals surface area contributed by atoms with Crippen molar-refractivity contribution in [2.45, 2.75) is 44.6 Å². The molecular formula is C22H22F2N4O. The molecule has 5 nitrogen and oxygen atoms in total. The van der Waals surface area contributed by atoms with Gasteiger partial charge in [-0.15, -0.1) is 5.10 Å². The zero-order valence-electron chi connectivity index (χ0n) is 16.4. The molecule has 0 aliphatic heterocycles. The minimum Gasteiger partial charge on any atom is -0.394 e. The summed E-state index contributed by atoms with van der Waals surface area (Å²) in [5, 5.41) is 22.6. The number of benzene rings is 1. The predicted molar refractivity (Wildman–Crippen MR) is 103 cm³/mol. The van der Waals surface area contributed by atoms with Crippen molar-refractivity contribution in [1.29, 1.82) is 0 Å². The van der Waals surface area contributed by atoms with Crippen molar-refractivity contribution >= 4 is 0 Å². The topological polar surface area (TPSA) is 63.8 Å². The van der Waals surface area contributed by atoms with Crippen LogP contribution in [0.4, 0.5) is 8.78 Å². The number of aromatic nitrogens is 4. The molecule has 0 radical (unpaired) electrons.